The number of hydrazone groups is 1. The fourth-order valence-electron chi connectivity index (χ4n) is 2.31. The molecule has 0 bridgehead atoms. The Hall–Kier alpha value is -3.75. The van der Waals surface area contributed by atoms with Crippen molar-refractivity contribution in [3.63, 3.8) is 0 Å². The van der Waals surface area contributed by atoms with Crippen molar-refractivity contribution in [2.45, 2.75) is 6.92 Å². The number of rotatable bonds is 8. The highest BCUT2D eigenvalue weighted by molar-refractivity contribution is 5.93. The average Bonchev–Trinajstić information content (AvgIpc) is 2.73. The summed E-state index contributed by atoms with van der Waals surface area (Å²) in [6, 6.07) is 9.56. The van der Waals surface area contributed by atoms with Crippen LogP contribution in [0.3, 0.4) is 0 Å². The smallest absolute Gasteiger partial charge is 0.427 e. The lowest BCUT2D eigenvalue weighted by atomic mass is 10.2. The summed E-state index contributed by atoms with van der Waals surface area (Å²) >= 11 is 0. The first kappa shape index (κ1) is 21.5. The number of esters is 1. The molecule has 9 nitrogen and oxygen atoms in total. The van der Waals surface area contributed by atoms with E-state index in [-0.39, 0.29) is 12.2 Å². The van der Waals surface area contributed by atoms with Crippen molar-refractivity contribution in [2.24, 2.45) is 5.10 Å². The standard InChI is InChI=1S/C20H22N2O7/c1-5-28-20(24)22-21-12-13-6-8-15(9-7-13)29-19(23)14-10-16(25-2)18(27-4)17(11-14)26-3/h6-12H,5H2,1-4H3,(H,22,24)/b21-12-. The molecule has 0 saturated carbocycles. The number of carbonyl (C=O) groups excluding carboxylic acids is 2. The molecule has 0 heterocycles. The molecule has 0 fully saturated rings. The van der Waals surface area contributed by atoms with Crippen molar-refractivity contribution in [1.82, 2.24) is 5.43 Å². The van der Waals surface area contributed by atoms with Gasteiger partial charge in [-0.15, -0.1) is 0 Å². The van der Waals surface area contributed by atoms with Gasteiger partial charge in [0.05, 0.1) is 39.7 Å². The van der Waals surface area contributed by atoms with Crippen molar-refractivity contribution in [2.75, 3.05) is 27.9 Å². The summed E-state index contributed by atoms with van der Waals surface area (Å²) in [5.41, 5.74) is 3.15. The number of nitrogens with zero attached hydrogens (tertiary/aromatic N) is 1. The van der Waals surface area contributed by atoms with Gasteiger partial charge in [0.25, 0.3) is 0 Å². The van der Waals surface area contributed by atoms with Gasteiger partial charge >= 0.3 is 12.1 Å². The minimum absolute atomic E-state index is 0.240. The minimum atomic E-state index is -0.639. The average molecular weight is 402 g/mol. The molecular weight excluding hydrogens is 380 g/mol. The van der Waals surface area contributed by atoms with E-state index in [0.29, 0.717) is 28.6 Å². The zero-order valence-electron chi connectivity index (χ0n) is 16.6. The highest BCUT2D eigenvalue weighted by Crippen LogP contribution is 2.38. The van der Waals surface area contributed by atoms with Gasteiger partial charge < -0.3 is 23.7 Å². The van der Waals surface area contributed by atoms with E-state index < -0.39 is 12.1 Å². The van der Waals surface area contributed by atoms with Crippen LogP contribution in [0.4, 0.5) is 4.79 Å². The molecule has 9 heteroatoms. The fraction of sp³-hybridized carbons (Fsp3) is 0.250. The summed E-state index contributed by atoms with van der Waals surface area (Å²) in [6.45, 7) is 1.95. The molecule has 0 aromatic heterocycles. The third-order valence-corrected chi connectivity index (χ3v) is 3.64. The fourth-order valence-corrected chi connectivity index (χ4v) is 2.31. The van der Waals surface area contributed by atoms with E-state index >= 15 is 0 Å². The summed E-state index contributed by atoms with van der Waals surface area (Å²) in [5, 5.41) is 3.76. The quantitative estimate of drug-likeness (QED) is 0.313. The van der Waals surface area contributed by atoms with Gasteiger partial charge in [-0.2, -0.15) is 5.10 Å². The first-order valence-corrected chi connectivity index (χ1v) is 8.60. The number of nitrogens with one attached hydrogen (secondary N) is 1. The molecule has 0 aliphatic heterocycles. The molecular formula is C20H22N2O7. The summed E-state index contributed by atoms with van der Waals surface area (Å²) in [4.78, 5) is 23.6. The molecule has 1 amide bonds. The number of methoxy groups -OCH3 is 3. The molecule has 0 aliphatic rings. The lowest BCUT2D eigenvalue weighted by Crippen LogP contribution is -2.18. The molecule has 2 aromatic carbocycles. The van der Waals surface area contributed by atoms with Crippen LogP contribution in [0.15, 0.2) is 41.5 Å². The molecule has 0 unspecified atom stereocenters. The van der Waals surface area contributed by atoms with E-state index in [4.69, 9.17) is 18.9 Å². The molecule has 0 spiro atoms. The van der Waals surface area contributed by atoms with E-state index in [1.165, 1.54) is 39.7 Å². The lowest BCUT2D eigenvalue weighted by molar-refractivity contribution is 0.0733. The maximum Gasteiger partial charge on any atom is 0.427 e. The second kappa shape index (κ2) is 10.5. The normalized spacial score (nSPS) is 10.3. The van der Waals surface area contributed by atoms with Gasteiger partial charge in [0, 0.05) is 0 Å². The van der Waals surface area contributed by atoms with Gasteiger partial charge in [0.1, 0.15) is 5.75 Å². The third-order valence-electron chi connectivity index (χ3n) is 3.64. The van der Waals surface area contributed by atoms with Gasteiger partial charge in [-0.05, 0) is 48.9 Å². The van der Waals surface area contributed by atoms with Crippen molar-refractivity contribution in [3.8, 4) is 23.0 Å². The molecule has 154 valence electrons. The van der Waals surface area contributed by atoms with Crippen molar-refractivity contribution in [1.29, 1.82) is 0 Å². The zero-order valence-corrected chi connectivity index (χ0v) is 16.6. The Kier molecular flexibility index (Phi) is 7.84. The number of ether oxygens (including phenoxy) is 5. The number of hydrogen-bond donors (Lipinski definition) is 1. The minimum Gasteiger partial charge on any atom is -0.493 e. The van der Waals surface area contributed by atoms with E-state index in [1.807, 2.05) is 0 Å². The number of carbonyl (C=O) groups is 2. The van der Waals surface area contributed by atoms with Crippen molar-refractivity contribution >= 4 is 18.3 Å². The van der Waals surface area contributed by atoms with Crippen LogP contribution in [-0.2, 0) is 4.74 Å². The van der Waals surface area contributed by atoms with Gasteiger partial charge in [-0.1, -0.05) is 0 Å². The van der Waals surface area contributed by atoms with E-state index in [0.717, 1.165) is 0 Å². The number of hydrogen-bond acceptors (Lipinski definition) is 8. The van der Waals surface area contributed by atoms with E-state index in [1.54, 1.807) is 31.2 Å². The van der Waals surface area contributed by atoms with Crippen LogP contribution >= 0.6 is 0 Å². The second-order valence-corrected chi connectivity index (χ2v) is 5.46. The molecule has 0 atom stereocenters. The largest absolute Gasteiger partial charge is 0.493 e. The Labute approximate surface area is 168 Å². The Morgan fingerprint density at radius 3 is 2.14 bits per heavy atom. The molecule has 1 N–H and O–H groups in total. The Balaban J connectivity index is 2.07. The molecule has 0 radical (unpaired) electrons. The molecule has 0 saturated heterocycles. The first-order chi connectivity index (χ1) is 14.0. The van der Waals surface area contributed by atoms with E-state index in [2.05, 4.69) is 15.3 Å². The number of benzene rings is 2. The van der Waals surface area contributed by atoms with Gasteiger partial charge in [0.15, 0.2) is 11.5 Å². The maximum absolute atomic E-state index is 12.5. The van der Waals surface area contributed by atoms with Crippen molar-refractivity contribution in [3.05, 3.63) is 47.5 Å². The number of amides is 1. The molecule has 2 aromatic rings. The highest BCUT2D eigenvalue weighted by atomic mass is 16.6. The molecule has 29 heavy (non-hydrogen) atoms. The van der Waals surface area contributed by atoms with Crippen LogP contribution < -0.4 is 24.4 Å². The van der Waals surface area contributed by atoms with E-state index in [9.17, 15) is 9.59 Å². The molecule has 0 aliphatic carbocycles. The van der Waals surface area contributed by atoms with Gasteiger partial charge in [-0.25, -0.2) is 15.0 Å². The summed E-state index contributed by atoms with van der Waals surface area (Å²) < 4.78 is 25.8. The van der Waals surface area contributed by atoms with Crippen LogP contribution in [0, 0.1) is 0 Å². The lowest BCUT2D eigenvalue weighted by Gasteiger charge is -2.13. The van der Waals surface area contributed by atoms with Crippen LogP contribution in [0.1, 0.15) is 22.8 Å². The SMILES string of the molecule is CCOC(=O)N/N=C\c1ccc(OC(=O)c2cc(OC)c(OC)c(OC)c2)cc1. The summed E-state index contributed by atoms with van der Waals surface area (Å²) in [5.74, 6) is 0.819. The van der Waals surface area contributed by atoms with Crippen LogP contribution in [0.5, 0.6) is 23.0 Å². The second-order valence-electron chi connectivity index (χ2n) is 5.46. The Morgan fingerprint density at radius 1 is 1.00 bits per heavy atom. The van der Waals surface area contributed by atoms with Gasteiger partial charge in [-0.3, -0.25) is 0 Å². The highest BCUT2D eigenvalue weighted by Gasteiger charge is 2.18. The third kappa shape index (κ3) is 5.86. The summed E-state index contributed by atoms with van der Waals surface area (Å²) in [6.07, 6.45) is 0.793. The summed E-state index contributed by atoms with van der Waals surface area (Å²) in [7, 11) is 4.40. The maximum atomic E-state index is 12.5. The zero-order chi connectivity index (χ0) is 21.2. The van der Waals surface area contributed by atoms with Crippen molar-refractivity contribution < 1.29 is 33.3 Å². The topological polar surface area (TPSA) is 105 Å². The Morgan fingerprint density at radius 2 is 1.62 bits per heavy atom. The van der Waals surface area contributed by atoms with Crippen LogP contribution in [-0.4, -0.2) is 46.2 Å². The predicted octanol–water partition coefficient (Wildman–Crippen LogP) is 3.01. The molecule has 2 rings (SSSR count). The predicted molar refractivity (Wildman–Crippen MR) is 105 cm³/mol. The van der Waals surface area contributed by atoms with Crippen LogP contribution in [0.25, 0.3) is 0 Å². The Bertz CT molecular complexity index is 854. The first-order valence-electron chi connectivity index (χ1n) is 8.60. The van der Waals surface area contributed by atoms with Gasteiger partial charge in [0.2, 0.25) is 5.75 Å². The monoisotopic (exact) mass is 402 g/mol. The van der Waals surface area contributed by atoms with Crippen LogP contribution in [0.2, 0.25) is 0 Å².